The van der Waals surface area contributed by atoms with Crippen LogP contribution in [0, 0.1) is 0 Å². The van der Waals surface area contributed by atoms with Gasteiger partial charge in [0.05, 0.1) is 11.5 Å². The molecule has 0 bridgehead atoms. The van der Waals surface area contributed by atoms with Crippen molar-refractivity contribution in [1.82, 2.24) is 0 Å². The molecule has 1 aliphatic carbocycles. The minimum Gasteiger partial charge on any atom is -0.392 e. The van der Waals surface area contributed by atoms with Crippen LogP contribution in [0.25, 0.3) is 0 Å². The molecule has 1 fully saturated rings. The second-order valence-corrected chi connectivity index (χ2v) is 5.05. The predicted molar refractivity (Wildman–Crippen MR) is 61.8 cm³/mol. The molecule has 0 radical (unpaired) electrons. The topological polar surface area (TPSA) is 20.2 Å². The zero-order valence-corrected chi connectivity index (χ0v) is 9.81. The van der Waals surface area contributed by atoms with Crippen LogP contribution in [-0.4, -0.2) is 16.6 Å². The van der Waals surface area contributed by atoms with Crippen LogP contribution >= 0.6 is 11.6 Å². The quantitative estimate of drug-likeness (QED) is 0.612. The Kier molecular flexibility index (Phi) is 6.63. The van der Waals surface area contributed by atoms with Crippen LogP contribution in [0.2, 0.25) is 0 Å². The number of aliphatic hydroxyl groups is 1. The van der Waals surface area contributed by atoms with Gasteiger partial charge in [0.15, 0.2) is 0 Å². The molecule has 2 heteroatoms. The van der Waals surface area contributed by atoms with Crippen LogP contribution in [0.15, 0.2) is 0 Å². The van der Waals surface area contributed by atoms with Gasteiger partial charge in [0.2, 0.25) is 0 Å². The standard InChI is InChI=1S/C12H23ClO/c13-11-9-7-5-3-1-2-4-6-8-10-12(11)14/h11-12,14H,1-10H2/t11-,12-/m0/s1. The van der Waals surface area contributed by atoms with E-state index >= 15 is 0 Å². The third kappa shape index (κ3) is 5.21. The Bertz CT molecular complexity index is 122. The second-order valence-electron chi connectivity index (χ2n) is 4.49. The third-order valence-electron chi connectivity index (χ3n) is 3.15. The number of aliphatic hydroxyl groups excluding tert-OH is 1. The fourth-order valence-corrected chi connectivity index (χ4v) is 2.41. The highest BCUT2D eigenvalue weighted by Gasteiger charge is 2.15. The maximum absolute atomic E-state index is 9.73. The van der Waals surface area contributed by atoms with Gasteiger partial charge in [-0.15, -0.1) is 11.6 Å². The van der Waals surface area contributed by atoms with E-state index in [1.807, 2.05) is 0 Å². The normalized spacial score (nSPS) is 33.0. The van der Waals surface area contributed by atoms with Crippen molar-refractivity contribution in [2.45, 2.75) is 75.7 Å². The van der Waals surface area contributed by atoms with Crippen LogP contribution < -0.4 is 0 Å². The SMILES string of the molecule is O[C@H]1CCCCCCCCCC[C@@H]1Cl. The Labute approximate surface area is 92.8 Å². The summed E-state index contributed by atoms with van der Waals surface area (Å²) in [6, 6.07) is 0. The van der Waals surface area contributed by atoms with E-state index in [0.29, 0.717) is 0 Å². The van der Waals surface area contributed by atoms with Crippen LogP contribution in [-0.2, 0) is 0 Å². The van der Waals surface area contributed by atoms with Gasteiger partial charge in [0.25, 0.3) is 0 Å². The Morgan fingerprint density at radius 3 is 1.71 bits per heavy atom. The second kappa shape index (κ2) is 7.53. The highest BCUT2D eigenvalue weighted by Crippen LogP contribution is 2.20. The Morgan fingerprint density at radius 1 is 0.714 bits per heavy atom. The molecule has 0 heterocycles. The molecule has 0 unspecified atom stereocenters. The summed E-state index contributed by atoms with van der Waals surface area (Å²) < 4.78 is 0. The highest BCUT2D eigenvalue weighted by molar-refractivity contribution is 6.21. The van der Waals surface area contributed by atoms with Gasteiger partial charge in [-0.3, -0.25) is 0 Å². The van der Waals surface area contributed by atoms with E-state index in [9.17, 15) is 5.11 Å². The van der Waals surface area contributed by atoms with Crippen molar-refractivity contribution < 1.29 is 5.11 Å². The Hall–Kier alpha value is 0.250. The summed E-state index contributed by atoms with van der Waals surface area (Å²) in [5, 5.41) is 9.72. The first-order chi connectivity index (χ1) is 6.80. The average Bonchev–Trinajstić information content (AvgIpc) is 2.18. The fraction of sp³-hybridized carbons (Fsp3) is 1.00. The number of rotatable bonds is 0. The summed E-state index contributed by atoms with van der Waals surface area (Å²) in [6.07, 6.45) is 11.9. The minimum atomic E-state index is -0.268. The van der Waals surface area contributed by atoms with Gasteiger partial charge >= 0.3 is 0 Å². The molecule has 1 N–H and O–H groups in total. The monoisotopic (exact) mass is 218 g/mol. The molecule has 0 saturated heterocycles. The van der Waals surface area contributed by atoms with Crippen molar-refractivity contribution in [2.75, 3.05) is 0 Å². The Balaban J connectivity index is 2.23. The van der Waals surface area contributed by atoms with Crippen molar-refractivity contribution in [2.24, 2.45) is 0 Å². The summed E-state index contributed by atoms with van der Waals surface area (Å²) in [7, 11) is 0. The van der Waals surface area contributed by atoms with Gasteiger partial charge in [-0.25, -0.2) is 0 Å². The molecular formula is C12H23ClO. The van der Waals surface area contributed by atoms with E-state index in [-0.39, 0.29) is 11.5 Å². The number of hydrogen-bond acceptors (Lipinski definition) is 1. The van der Waals surface area contributed by atoms with Crippen molar-refractivity contribution in [1.29, 1.82) is 0 Å². The van der Waals surface area contributed by atoms with E-state index in [1.54, 1.807) is 0 Å². The van der Waals surface area contributed by atoms with Crippen molar-refractivity contribution >= 4 is 11.6 Å². The summed E-state index contributed by atoms with van der Waals surface area (Å²) in [4.78, 5) is 0. The van der Waals surface area contributed by atoms with Crippen molar-refractivity contribution in [3.05, 3.63) is 0 Å². The molecule has 0 spiro atoms. The molecule has 1 aliphatic rings. The van der Waals surface area contributed by atoms with E-state index in [0.717, 1.165) is 19.3 Å². The van der Waals surface area contributed by atoms with Crippen molar-refractivity contribution in [3.8, 4) is 0 Å². The van der Waals surface area contributed by atoms with Gasteiger partial charge in [0, 0.05) is 0 Å². The Morgan fingerprint density at radius 2 is 1.14 bits per heavy atom. The average molecular weight is 219 g/mol. The van der Waals surface area contributed by atoms with E-state index < -0.39 is 0 Å². The van der Waals surface area contributed by atoms with Crippen LogP contribution in [0.3, 0.4) is 0 Å². The summed E-state index contributed by atoms with van der Waals surface area (Å²) >= 11 is 6.11. The van der Waals surface area contributed by atoms with E-state index in [4.69, 9.17) is 11.6 Å². The van der Waals surface area contributed by atoms with Crippen molar-refractivity contribution in [3.63, 3.8) is 0 Å². The van der Waals surface area contributed by atoms with E-state index in [1.165, 1.54) is 44.9 Å². The number of alkyl halides is 1. The zero-order chi connectivity index (χ0) is 10.2. The molecular weight excluding hydrogens is 196 g/mol. The first kappa shape index (κ1) is 12.3. The summed E-state index contributed by atoms with van der Waals surface area (Å²) in [5.74, 6) is 0. The van der Waals surface area contributed by atoms with Gasteiger partial charge in [-0.05, 0) is 12.8 Å². The van der Waals surface area contributed by atoms with E-state index in [2.05, 4.69) is 0 Å². The number of hydrogen-bond donors (Lipinski definition) is 1. The van der Waals surface area contributed by atoms with Gasteiger partial charge in [-0.1, -0.05) is 51.4 Å². The molecule has 1 nitrogen and oxygen atoms in total. The lowest BCUT2D eigenvalue weighted by Gasteiger charge is -2.17. The lowest BCUT2D eigenvalue weighted by molar-refractivity contribution is 0.150. The maximum atomic E-state index is 9.73. The lowest BCUT2D eigenvalue weighted by atomic mass is 9.99. The molecule has 0 aliphatic heterocycles. The molecule has 2 atom stereocenters. The first-order valence-corrected chi connectivity index (χ1v) is 6.56. The zero-order valence-electron chi connectivity index (χ0n) is 9.05. The van der Waals surface area contributed by atoms with Crippen LogP contribution in [0.5, 0.6) is 0 Å². The van der Waals surface area contributed by atoms with Gasteiger partial charge < -0.3 is 5.11 Å². The van der Waals surface area contributed by atoms with Gasteiger partial charge in [-0.2, -0.15) is 0 Å². The highest BCUT2D eigenvalue weighted by atomic mass is 35.5. The molecule has 1 saturated carbocycles. The van der Waals surface area contributed by atoms with Crippen LogP contribution in [0.1, 0.15) is 64.2 Å². The predicted octanol–water partition coefficient (Wildman–Crippen LogP) is 3.87. The fourth-order valence-electron chi connectivity index (χ4n) is 2.13. The molecule has 0 aromatic rings. The summed E-state index contributed by atoms with van der Waals surface area (Å²) in [6.45, 7) is 0. The first-order valence-electron chi connectivity index (χ1n) is 6.13. The minimum absolute atomic E-state index is 0.00516. The molecule has 14 heavy (non-hydrogen) atoms. The molecule has 1 rings (SSSR count). The molecule has 0 amide bonds. The molecule has 0 aromatic carbocycles. The lowest BCUT2D eigenvalue weighted by Crippen LogP contribution is -2.20. The molecule has 0 aromatic heterocycles. The smallest absolute Gasteiger partial charge is 0.0703 e. The maximum Gasteiger partial charge on any atom is 0.0703 e. The van der Waals surface area contributed by atoms with Gasteiger partial charge in [0.1, 0.15) is 0 Å². The molecule has 84 valence electrons. The largest absolute Gasteiger partial charge is 0.392 e. The van der Waals surface area contributed by atoms with Crippen LogP contribution in [0.4, 0.5) is 0 Å². The third-order valence-corrected chi connectivity index (χ3v) is 3.66. The summed E-state index contributed by atoms with van der Waals surface area (Å²) in [5.41, 5.74) is 0. The number of halogens is 1.